The third kappa shape index (κ3) is 3.70. The number of aromatic hydroxyl groups is 1. The molecule has 1 amide bonds. The Labute approximate surface area is 129 Å². The lowest BCUT2D eigenvalue weighted by Crippen LogP contribution is -2.49. The molecule has 0 aromatic heterocycles. The van der Waals surface area contributed by atoms with E-state index >= 15 is 0 Å². The van der Waals surface area contributed by atoms with Gasteiger partial charge in [0.1, 0.15) is 5.75 Å². The Kier molecular flexibility index (Phi) is 5.24. The van der Waals surface area contributed by atoms with Gasteiger partial charge < -0.3 is 10.0 Å². The van der Waals surface area contributed by atoms with E-state index in [2.05, 4.69) is 36.8 Å². The molecule has 1 saturated heterocycles. The first kappa shape index (κ1) is 14.8. The van der Waals surface area contributed by atoms with Crippen LogP contribution in [-0.2, 0) is 0 Å². The monoisotopic (exact) mass is 390 g/mol. The van der Waals surface area contributed by atoms with Gasteiger partial charge in [0.2, 0.25) is 0 Å². The minimum Gasteiger partial charge on any atom is -0.507 e. The summed E-state index contributed by atoms with van der Waals surface area (Å²) in [5, 5.41) is 10.6. The molecule has 1 aliphatic rings. The topological polar surface area (TPSA) is 43.8 Å². The molecule has 0 spiro atoms. The van der Waals surface area contributed by atoms with Crippen LogP contribution in [0.2, 0.25) is 0 Å². The standard InChI is InChI=1S/C13H16Br2N2O2/c14-3-4-16-5-7-17(8-6-16)13(19)10-1-2-11(15)12(18)9-10/h1-2,9,18H,3-8H2. The second-order valence-corrected chi connectivity index (χ2v) is 6.14. The van der Waals surface area contributed by atoms with Gasteiger partial charge in [-0.3, -0.25) is 9.69 Å². The molecule has 1 heterocycles. The van der Waals surface area contributed by atoms with Crippen molar-refractivity contribution in [1.29, 1.82) is 0 Å². The van der Waals surface area contributed by atoms with Crippen molar-refractivity contribution in [3.05, 3.63) is 28.2 Å². The lowest BCUT2D eigenvalue weighted by Gasteiger charge is -2.34. The fraction of sp³-hybridized carbons (Fsp3) is 0.462. The second kappa shape index (κ2) is 6.72. The maximum atomic E-state index is 12.3. The van der Waals surface area contributed by atoms with Crippen LogP contribution in [0.25, 0.3) is 0 Å². The number of benzene rings is 1. The van der Waals surface area contributed by atoms with Gasteiger partial charge in [-0.15, -0.1) is 0 Å². The van der Waals surface area contributed by atoms with Crippen LogP contribution >= 0.6 is 31.9 Å². The zero-order chi connectivity index (χ0) is 13.8. The Morgan fingerprint density at radius 3 is 2.53 bits per heavy atom. The van der Waals surface area contributed by atoms with E-state index in [1.165, 1.54) is 6.07 Å². The maximum absolute atomic E-state index is 12.3. The molecule has 0 unspecified atom stereocenters. The van der Waals surface area contributed by atoms with Crippen LogP contribution in [0.3, 0.4) is 0 Å². The highest BCUT2D eigenvalue weighted by Crippen LogP contribution is 2.25. The molecule has 0 saturated carbocycles. The van der Waals surface area contributed by atoms with Crippen molar-refractivity contribution < 1.29 is 9.90 Å². The molecule has 6 heteroatoms. The summed E-state index contributed by atoms with van der Waals surface area (Å²) in [6.07, 6.45) is 0. The van der Waals surface area contributed by atoms with Gasteiger partial charge in [0.15, 0.2) is 0 Å². The summed E-state index contributed by atoms with van der Waals surface area (Å²) in [4.78, 5) is 16.5. The Morgan fingerprint density at radius 2 is 1.95 bits per heavy atom. The van der Waals surface area contributed by atoms with Crippen LogP contribution in [0.5, 0.6) is 5.75 Å². The first-order valence-electron chi connectivity index (χ1n) is 6.18. The summed E-state index contributed by atoms with van der Waals surface area (Å²) in [5.74, 6) is 0.0880. The van der Waals surface area contributed by atoms with E-state index in [-0.39, 0.29) is 11.7 Å². The van der Waals surface area contributed by atoms with E-state index in [1.54, 1.807) is 12.1 Å². The molecule has 0 aliphatic carbocycles. The number of phenols is 1. The van der Waals surface area contributed by atoms with Crippen molar-refractivity contribution in [1.82, 2.24) is 9.80 Å². The minimum absolute atomic E-state index is 0.0127. The number of carbonyl (C=O) groups is 1. The van der Waals surface area contributed by atoms with Crippen LogP contribution in [0.4, 0.5) is 0 Å². The molecule has 1 aromatic carbocycles. The second-order valence-electron chi connectivity index (χ2n) is 4.49. The molecule has 4 nitrogen and oxygen atoms in total. The van der Waals surface area contributed by atoms with Gasteiger partial charge in [-0.25, -0.2) is 0 Å². The van der Waals surface area contributed by atoms with Gasteiger partial charge >= 0.3 is 0 Å². The molecular formula is C13H16Br2N2O2. The normalized spacial score (nSPS) is 16.6. The van der Waals surface area contributed by atoms with Crippen molar-refractivity contribution in [2.45, 2.75) is 0 Å². The molecule has 104 valence electrons. The number of alkyl halides is 1. The SMILES string of the molecule is O=C(c1ccc(Br)c(O)c1)N1CCN(CCBr)CC1. The van der Waals surface area contributed by atoms with Gasteiger partial charge in [-0.2, -0.15) is 0 Å². The van der Waals surface area contributed by atoms with Crippen LogP contribution in [0.1, 0.15) is 10.4 Å². The van der Waals surface area contributed by atoms with E-state index in [4.69, 9.17) is 0 Å². The van der Waals surface area contributed by atoms with E-state index < -0.39 is 0 Å². The lowest BCUT2D eigenvalue weighted by molar-refractivity contribution is 0.0644. The summed E-state index contributed by atoms with van der Waals surface area (Å²) in [6, 6.07) is 4.94. The largest absolute Gasteiger partial charge is 0.507 e. The van der Waals surface area contributed by atoms with Crippen molar-refractivity contribution in [2.75, 3.05) is 38.1 Å². The number of hydrogen-bond donors (Lipinski definition) is 1. The van der Waals surface area contributed by atoms with Crippen molar-refractivity contribution >= 4 is 37.8 Å². The Bertz CT molecular complexity index is 460. The summed E-state index contributed by atoms with van der Waals surface area (Å²) >= 11 is 6.64. The van der Waals surface area contributed by atoms with Crippen molar-refractivity contribution in [3.8, 4) is 5.75 Å². The molecule has 2 rings (SSSR count). The predicted octanol–water partition coefficient (Wildman–Crippen LogP) is 2.31. The number of nitrogens with zero attached hydrogens (tertiary/aromatic N) is 2. The van der Waals surface area contributed by atoms with E-state index in [1.807, 2.05) is 4.90 Å². The third-order valence-electron chi connectivity index (χ3n) is 3.25. The van der Waals surface area contributed by atoms with Gasteiger partial charge in [0.25, 0.3) is 5.91 Å². The Balaban J connectivity index is 1.99. The van der Waals surface area contributed by atoms with Crippen LogP contribution in [0.15, 0.2) is 22.7 Å². The highest BCUT2D eigenvalue weighted by atomic mass is 79.9. The summed E-state index contributed by atoms with van der Waals surface area (Å²) in [5.41, 5.74) is 0.537. The smallest absolute Gasteiger partial charge is 0.254 e. The molecule has 0 radical (unpaired) electrons. The highest BCUT2D eigenvalue weighted by Gasteiger charge is 2.22. The molecule has 0 bridgehead atoms. The molecule has 1 aromatic rings. The number of amides is 1. The van der Waals surface area contributed by atoms with Gasteiger partial charge in [-0.05, 0) is 34.1 Å². The number of hydrogen-bond acceptors (Lipinski definition) is 3. The summed E-state index contributed by atoms with van der Waals surface area (Å²) in [6.45, 7) is 4.30. The fourth-order valence-corrected chi connectivity index (χ4v) is 2.87. The zero-order valence-corrected chi connectivity index (χ0v) is 13.7. The molecule has 1 aliphatic heterocycles. The average Bonchev–Trinajstić information content (AvgIpc) is 2.42. The van der Waals surface area contributed by atoms with Crippen molar-refractivity contribution in [2.24, 2.45) is 0 Å². The first-order chi connectivity index (χ1) is 9.11. The van der Waals surface area contributed by atoms with E-state index in [0.717, 1.165) is 38.1 Å². The third-order valence-corrected chi connectivity index (χ3v) is 4.28. The fourth-order valence-electron chi connectivity index (χ4n) is 2.12. The highest BCUT2D eigenvalue weighted by molar-refractivity contribution is 9.10. The van der Waals surface area contributed by atoms with E-state index in [0.29, 0.717) is 10.0 Å². The molecule has 1 fully saturated rings. The average molecular weight is 392 g/mol. The summed E-state index contributed by atoms with van der Waals surface area (Å²) < 4.78 is 0.603. The molecular weight excluding hydrogens is 376 g/mol. The van der Waals surface area contributed by atoms with Crippen LogP contribution in [-0.4, -0.2) is 58.9 Å². The van der Waals surface area contributed by atoms with Crippen LogP contribution in [0, 0.1) is 0 Å². The van der Waals surface area contributed by atoms with E-state index in [9.17, 15) is 9.90 Å². The Hall–Kier alpha value is -0.590. The molecule has 1 N–H and O–H groups in total. The molecule has 0 atom stereocenters. The van der Waals surface area contributed by atoms with Crippen molar-refractivity contribution in [3.63, 3.8) is 0 Å². The summed E-state index contributed by atoms with van der Waals surface area (Å²) in [7, 11) is 0. The minimum atomic E-state index is -0.0127. The van der Waals surface area contributed by atoms with Gasteiger partial charge in [-0.1, -0.05) is 15.9 Å². The Morgan fingerprint density at radius 1 is 1.26 bits per heavy atom. The van der Waals surface area contributed by atoms with Crippen LogP contribution < -0.4 is 0 Å². The number of carbonyl (C=O) groups excluding carboxylic acids is 1. The predicted molar refractivity (Wildman–Crippen MR) is 81.9 cm³/mol. The first-order valence-corrected chi connectivity index (χ1v) is 8.09. The number of rotatable bonds is 3. The number of piperazine rings is 1. The lowest BCUT2D eigenvalue weighted by atomic mass is 10.1. The molecule has 19 heavy (non-hydrogen) atoms. The zero-order valence-electron chi connectivity index (χ0n) is 10.5. The van der Waals surface area contributed by atoms with Gasteiger partial charge in [0.05, 0.1) is 4.47 Å². The quantitative estimate of drug-likeness (QED) is 0.804. The number of halogens is 2. The maximum Gasteiger partial charge on any atom is 0.254 e. The number of phenolic OH excluding ortho intramolecular Hbond substituents is 1. The van der Waals surface area contributed by atoms with Gasteiger partial charge in [0, 0.05) is 43.6 Å².